The molecule has 2 aromatic rings. The van der Waals surface area contributed by atoms with Crippen LogP contribution in [0.15, 0.2) is 23.0 Å². The van der Waals surface area contributed by atoms with Crippen molar-refractivity contribution >= 4 is 11.0 Å². The van der Waals surface area contributed by atoms with Crippen molar-refractivity contribution in [2.75, 3.05) is 19.8 Å². The summed E-state index contributed by atoms with van der Waals surface area (Å²) in [5.74, 6) is 0. The van der Waals surface area contributed by atoms with Crippen LogP contribution in [0.4, 0.5) is 0 Å². The second-order valence-corrected chi connectivity index (χ2v) is 4.65. The maximum atomic E-state index is 11.2. The molecule has 0 aliphatic carbocycles. The Kier molecular flexibility index (Phi) is 2.31. The molecule has 1 aromatic carbocycles. The average molecular weight is 233 g/mol. The minimum atomic E-state index is -0.171. The van der Waals surface area contributed by atoms with Gasteiger partial charge in [-0.1, -0.05) is 6.07 Å². The molecular weight excluding hydrogens is 218 g/mol. The van der Waals surface area contributed by atoms with E-state index >= 15 is 0 Å². The summed E-state index contributed by atoms with van der Waals surface area (Å²) >= 11 is 0. The number of aromatic nitrogens is 2. The molecule has 5 heteroatoms. The van der Waals surface area contributed by atoms with E-state index in [9.17, 15) is 4.79 Å². The number of aromatic amines is 2. The van der Waals surface area contributed by atoms with Crippen molar-refractivity contribution in [3.63, 3.8) is 0 Å². The predicted octanol–water partition coefficient (Wildman–Crippen LogP) is 0.473. The normalized spacial score (nSPS) is 18.2. The van der Waals surface area contributed by atoms with E-state index in [4.69, 9.17) is 10.5 Å². The number of nitrogens with one attached hydrogen (secondary N) is 2. The molecule has 1 fully saturated rings. The second-order valence-electron chi connectivity index (χ2n) is 4.65. The Morgan fingerprint density at radius 3 is 2.71 bits per heavy atom. The molecule has 5 nitrogen and oxygen atoms in total. The number of imidazole rings is 1. The fraction of sp³-hybridized carbons (Fsp3) is 0.417. The molecule has 1 aliphatic heterocycles. The number of benzene rings is 1. The standard InChI is InChI=1S/C12H15N3O2/c13-4-3-12(6-17-7-12)8-1-2-9-10(5-8)15-11(16)14-9/h1-2,5H,3-4,6-7,13H2,(H2,14,15,16). The number of rotatable bonds is 3. The van der Waals surface area contributed by atoms with Gasteiger partial charge in [0.05, 0.1) is 24.2 Å². The van der Waals surface area contributed by atoms with Gasteiger partial charge in [0.2, 0.25) is 0 Å². The zero-order valence-electron chi connectivity index (χ0n) is 9.45. The fourth-order valence-electron chi connectivity index (χ4n) is 2.44. The van der Waals surface area contributed by atoms with Gasteiger partial charge in [0, 0.05) is 5.41 Å². The molecule has 0 amide bonds. The number of ether oxygens (including phenoxy) is 1. The minimum Gasteiger partial charge on any atom is -0.379 e. The predicted molar refractivity (Wildman–Crippen MR) is 65.1 cm³/mol. The van der Waals surface area contributed by atoms with Gasteiger partial charge in [-0.2, -0.15) is 0 Å². The van der Waals surface area contributed by atoms with Crippen LogP contribution >= 0.6 is 0 Å². The van der Waals surface area contributed by atoms with Crippen molar-refractivity contribution in [1.29, 1.82) is 0 Å². The van der Waals surface area contributed by atoms with Crippen molar-refractivity contribution < 1.29 is 4.74 Å². The Morgan fingerprint density at radius 2 is 2.06 bits per heavy atom. The summed E-state index contributed by atoms with van der Waals surface area (Å²) < 4.78 is 5.33. The minimum absolute atomic E-state index is 0.0388. The highest BCUT2D eigenvalue weighted by atomic mass is 16.5. The van der Waals surface area contributed by atoms with Crippen LogP contribution in [0.5, 0.6) is 0 Å². The first-order valence-corrected chi connectivity index (χ1v) is 5.74. The van der Waals surface area contributed by atoms with Crippen LogP contribution in [0.3, 0.4) is 0 Å². The summed E-state index contributed by atoms with van der Waals surface area (Å²) in [5.41, 5.74) is 8.40. The van der Waals surface area contributed by atoms with Gasteiger partial charge in [-0.25, -0.2) is 4.79 Å². The van der Waals surface area contributed by atoms with Gasteiger partial charge in [0.1, 0.15) is 0 Å². The summed E-state index contributed by atoms with van der Waals surface area (Å²) in [6, 6.07) is 5.99. The monoisotopic (exact) mass is 233 g/mol. The number of H-pyrrole nitrogens is 2. The average Bonchev–Trinajstić information content (AvgIpc) is 2.62. The summed E-state index contributed by atoms with van der Waals surface area (Å²) in [4.78, 5) is 16.7. The van der Waals surface area contributed by atoms with Crippen molar-refractivity contribution in [2.24, 2.45) is 5.73 Å². The summed E-state index contributed by atoms with van der Waals surface area (Å²) in [6.07, 6.45) is 0.910. The Labute approximate surface area is 98.0 Å². The Balaban J connectivity index is 2.07. The Bertz CT molecular complexity index is 595. The van der Waals surface area contributed by atoms with Gasteiger partial charge < -0.3 is 20.4 Å². The summed E-state index contributed by atoms with van der Waals surface area (Å²) in [6.45, 7) is 2.07. The number of hydrogen-bond acceptors (Lipinski definition) is 3. The van der Waals surface area contributed by atoms with E-state index in [1.165, 1.54) is 5.56 Å². The molecule has 3 rings (SSSR count). The van der Waals surface area contributed by atoms with E-state index in [1.54, 1.807) is 0 Å². The Morgan fingerprint density at radius 1 is 1.29 bits per heavy atom. The highest BCUT2D eigenvalue weighted by molar-refractivity contribution is 5.75. The van der Waals surface area contributed by atoms with Crippen molar-refractivity contribution in [3.05, 3.63) is 34.2 Å². The molecule has 0 saturated carbocycles. The van der Waals surface area contributed by atoms with Gasteiger partial charge in [0.25, 0.3) is 0 Å². The third-order valence-corrected chi connectivity index (χ3v) is 3.51. The third-order valence-electron chi connectivity index (χ3n) is 3.51. The van der Waals surface area contributed by atoms with E-state index in [-0.39, 0.29) is 11.1 Å². The molecule has 1 aromatic heterocycles. The van der Waals surface area contributed by atoms with Gasteiger partial charge in [-0.05, 0) is 30.7 Å². The first-order chi connectivity index (χ1) is 8.23. The van der Waals surface area contributed by atoms with E-state index < -0.39 is 0 Å². The molecular formula is C12H15N3O2. The van der Waals surface area contributed by atoms with Crippen LogP contribution in [-0.4, -0.2) is 29.7 Å². The molecule has 2 heterocycles. The van der Waals surface area contributed by atoms with Crippen LogP contribution < -0.4 is 11.4 Å². The first-order valence-electron chi connectivity index (χ1n) is 5.74. The lowest BCUT2D eigenvalue weighted by molar-refractivity contribution is -0.0630. The summed E-state index contributed by atoms with van der Waals surface area (Å²) in [7, 11) is 0. The smallest absolute Gasteiger partial charge is 0.323 e. The largest absolute Gasteiger partial charge is 0.379 e. The molecule has 0 radical (unpaired) electrons. The van der Waals surface area contributed by atoms with Crippen molar-refractivity contribution in [2.45, 2.75) is 11.8 Å². The van der Waals surface area contributed by atoms with Crippen LogP contribution in [-0.2, 0) is 10.2 Å². The number of hydrogen-bond donors (Lipinski definition) is 3. The van der Waals surface area contributed by atoms with E-state index in [0.29, 0.717) is 19.8 Å². The second kappa shape index (κ2) is 3.72. The van der Waals surface area contributed by atoms with Gasteiger partial charge >= 0.3 is 5.69 Å². The number of fused-ring (bicyclic) bond motifs is 1. The lowest BCUT2D eigenvalue weighted by Crippen LogP contribution is -2.48. The maximum Gasteiger partial charge on any atom is 0.323 e. The molecule has 90 valence electrons. The lowest BCUT2D eigenvalue weighted by Gasteiger charge is -2.42. The molecule has 4 N–H and O–H groups in total. The molecule has 1 saturated heterocycles. The van der Waals surface area contributed by atoms with Gasteiger partial charge in [-0.3, -0.25) is 0 Å². The van der Waals surface area contributed by atoms with Crippen molar-refractivity contribution in [1.82, 2.24) is 9.97 Å². The number of nitrogens with two attached hydrogens (primary N) is 1. The van der Waals surface area contributed by atoms with Gasteiger partial charge in [0.15, 0.2) is 0 Å². The lowest BCUT2D eigenvalue weighted by atomic mass is 9.76. The molecule has 0 unspecified atom stereocenters. The maximum absolute atomic E-state index is 11.2. The molecule has 0 spiro atoms. The summed E-state index contributed by atoms with van der Waals surface area (Å²) in [5, 5.41) is 0. The van der Waals surface area contributed by atoms with Crippen LogP contribution in [0.2, 0.25) is 0 Å². The third kappa shape index (κ3) is 1.59. The molecule has 1 aliphatic rings. The quantitative estimate of drug-likeness (QED) is 0.720. The molecule has 0 atom stereocenters. The van der Waals surface area contributed by atoms with E-state index in [1.807, 2.05) is 18.2 Å². The zero-order valence-corrected chi connectivity index (χ0v) is 9.45. The zero-order chi connectivity index (χ0) is 11.9. The van der Waals surface area contributed by atoms with Crippen LogP contribution in [0.1, 0.15) is 12.0 Å². The van der Waals surface area contributed by atoms with Crippen molar-refractivity contribution in [3.8, 4) is 0 Å². The Hall–Kier alpha value is -1.59. The molecule has 0 bridgehead atoms. The van der Waals surface area contributed by atoms with E-state index in [2.05, 4.69) is 9.97 Å². The molecule has 17 heavy (non-hydrogen) atoms. The fourth-order valence-corrected chi connectivity index (χ4v) is 2.44. The van der Waals surface area contributed by atoms with Crippen LogP contribution in [0.25, 0.3) is 11.0 Å². The van der Waals surface area contributed by atoms with E-state index in [0.717, 1.165) is 17.5 Å². The topological polar surface area (TPSA) is 83.9 Å². The van der Waals surface area contributed by atoms with Crippen LogP contribution in [0, 0.1) is 0 Å². The van der Waals surface area contributed by atoms with Gasteiger partial charge in [-0.15, -0.1) is 0 Å². The highest BCUT2D eigenvalue weighted by Crippen LogP contribution is 2.36. The highest BCUT2D eigenvalue weighted by Gasteiger charge is 2.39. The first kappa shape index (κ1) is 10.6. The SMILES string of the molecule is NCCC1(c2ccc3[nH]c(=O)[nH]c3c2)COC1.